The van der Waals surface area contributed by atoms with Crippen LogP contribution in [-0.2, 0) is 4.79 Å². The highest BCUT2D eigenvalue weighted by Gasteiger charge is 2.24. The number of carbonyl (C=O) groups excluding carboxylic acids is 1. The first-order valence-corrected chi connectivity index (χ1v) is 6.68. The lowest BCUT2D eigenvalue weighted by Crippen LogP contribution is -2.43. The first-order valence-electron chi connectivity index (χ1n) is 6.27. The highest BCUT2D eigenvalue weighted by atomic mass is 32.1. The monoisotopic (exact) mass is 299 g/mol. The van der Waals surface area contributed by atoms with Crippen LogP contribution in [0.4, 0.5) is 14.5 Å². The van der Waals surface area contributed by atoms with Crippen molar-refractivity contribution in [2.75, 3.05) is 18.4 Å². The molecular weight excluding hydrogens is 284 g/mol. The smallest absolute Gasteiger partial charge is 0.220 e. The second-order valence-corrected chi connectivity index (χ2v) is 5.10. The first-order chi connectivity index (χ1) is 9.47. The van der Waals surface area contributed by atoms with Crippen LogP contribution in [0.1, 0.15) is 12.8 Å². The van der Waals surface area contributed by atoms with E-state index in [9.17, 15) is 13.6 Å². The number of nitrogens with two attached hydrogens (primary N) is 1. The molecule has 2 rings (SSSR count). The molecule has 1 aliphatic heterocycles. The van der Waals surface area contributed by atoms with E-state index in [1.165, 1.54) is 6.07 Å². The van der Waals surface area contributed by atoms with E-state index in [-0.39, 0.29) is 17.5 Å². The number of amides is 1. The minimum atomic E-state index is -0.695. The standard InChI is InChI=1S/C13H15F2N3OS/c14-9-1-2-11(10(15)7-9)17-13(20)18-5-3-8(4-6-18)12(16)19/h1-2,7-8H,3-6H2,(H2,16,19)(H,17,20). The Hall–Kier alpha value is -1.76. The number of nitrogens with zero attached hydrogens (tertiary/aromatic N) is 1. The van der Waals surface area contributed by atoms with Gasteiger partial charge in [-0.3, -0.25) is 4.79 Å². The molecule has 0 radical (unpaired) electrons. The van der Waals surface area contributed by atoms with E-state index in [1.54, 1.807) is 0 Å². The molecule has 4 nitrogen and oxygen atoms in total. The maximum absolute atomic E-state index is 13.5. The minimum absolute atomic E-state index is 0.128. The lowest BCUT2D eigenvalue weighted by atomic mass is 9.97. The summed E-state index contributed by atoms with van der Waals surface area (Å²) in [5.41, 5.74) is 5.39. The molecule has 1 aromatic carbocycles. The lowest BCUT2D eigenvalue weighted by Gasteiger charge is -2.32. The largest absolute Gasteiger partial charge is 0.369 e. The molecule has 0 bridgehead atoms. The van der Waals surface area contributed by atoms with Gasteiger partial charge in [-0.2, -0.15) is 0 Å². The van der Waals surface area contributed by atoms with Gasteiger partial charge >= 0.3 is 0 Å². The molecule has 0 spiro atoms. The van der Waals surface area contributed by atoms with Crippen molar-refractivity contribution in [3.05, 3.63) is 29.8 Å². The zero-order valence-electron chi connectivity index (χ0n) is 10.7. The Labute approximate surface area is 120 Å². The molecule has 20 heavy (non-hydrogen) atoms. The van der Waals surface area contributed by atoms with Crippen LogP contribution >= 0.6 is 12.2 Å². The van der Waals surface area contributed by atoms with Crippen molar-refractivity contribution in [2.24, 2.45) is 11.7 Å². The van der Waals surface area contributed by atoms with Gasteiger partial charge < -0.3 is 16.0 Å². The van der Waals surface area contributed by atoms with Gasteiger partial charge in [0.05, 0.1) is 5.69 Å². The molecule has 0 aliphatic carbocycles. The highest BCUT2D eigenvalue weighted by molar-refractivity contribution is 7.80. The van der Waals surface area contributed by atoms with Gasteiger partial charge in [0.1, 0.15) is 11.6 Å². The second-order valence-electron chi connectivity index (χ2n) is 4.72. The van der Waals surface area contributed by atoms with Gasteiger partial charge in [0.15, 0.2) is 5.11 Å². The number of anilines is 1. The van der Waals surface area contributed by atoms with Crippen LogP contribution in [0.5, 0.6) is 0 Å². The number of hydrogen-bond acceptors (Lipinski definition) is 2. The van der Waals surface area contributed by atoms with Crippen LogP contribution in [0.3, 0.4) is 0 Å². The number of thiocarbonyl (C=S) groups is 1. The van der Waals surface area contributed by atoms with Crippen molar-refractivity contribution in [2.45, 2.75) is 12.8 Å². The first kappa shape index (κ1) is 14.6. The van der Waals surface area contributed by atoms with Crippen molar-refractivity contribution >= 4 is 28.9 Å². The fraction of sp³-hybridized carbons (Fsp3) is 0.385. The van der Waals surface area contributed by atoms with Crippen LogP contribution < -0.4 is 11.1 Å². The lowest BCUT2D eigenvalue weighted by molar-refractivity contribution is -0.122. The molecule has 1 amide bonds. The SMILES string of the molecule is NC(=O)C1CCN(C(=S)Nc2ccc(F)cc2F)CC1. The van der Waals surface area contributed by atoms with Crippen LogP contribution in [-0.4, -0.2) is 29.0 Å². The van der Waals surface area contributed by atoms with Gasteiger partial charge in [-0.15, -0.1) is 0 Å². The fourth-order valence-electron chi connectivity index (χ4n) is 2.15. The quantitative estimate of drug-likeness (QED) is 0.818. The molecule has 3 N–H and O–H groups in total. The van der Waals surface area contributed by atoms with E-state index in [2.05, 4.69) is 5.32 Å². The van der Waals surface area contributed by atoms with Gasteiger partial charge in [-0.05, 0) is 37.2 Å². The summed E-state index contributed by atoms with van der Waals surface area (Å²) in [6, 6.07) is 3.25. The minimum Gasteiger partial charge on any atom is -0.369 e. The molecule has 7 heteroatoms. The molecule has 1 heterocycles. The summed E-state index contributed by atoms with van der Waals surface area (Å²) in [7, 11) is 0. The van der Waals surface area contributed by atoms with Crippen molar-refractivity contribution < 1.29 is 13.6 Å². The van der Waals surface area contributed by atoms with Gasteiger partial charge in [0.25, 0.3) is 0 Å². The van der Waals surface area contributed by atoms with Crippen LogP contribution in [0.25, 0.3) is 0 Å². The van der Waals surface area contributed by atoms with Gasteiger partial charge in [0, 0.05) is 25.1 Å². The number of piperidine rings is 1. The predicted molar refractivity (Wildman–Crippen MR) is 76.1 cm³/mol. The van der Waals surface area contributed by atoms with Crippen molar-refractivity contribution in [1.29, 1.82) is 0 Å². The molecule has 1 fully saturated rings. The second kappa shape index (κ2) is 6.13. The molecule has 0 saturated carbocycles. The third-order valence-corrected chi connectivity index (χ3v) is 3.72. The number of hydrogen-bond donors (Lipinski definition) is 2. The normalized spacial score (nSPS) is 16.0. The van der Waals surface area contributed by atoms with Gasteiger partial charge in [-0.1, -0.05) is 0 Å². The Morgan fingerprint density at radius 1 is 1.35 bits per heavy atom. The number of nitrogens with one attached hydrogen (secondary N) is 1. The molecule has 0 unspecified atom stereocenters. The number of carbonyl (C=O) groups is 1. The topological polar surface area (TPSA) is 58.4 Å². The number of benzene rings is 1. The summed E-state index contributed by atoms with van der Waals surface area (Å²) in [6.45, 7) is 1.17. The molecule has 0 aromatic heterocycles. The number of halogens is 2. The maximum atomic E-state index is 13.5. The predicted octanol–water partition coefficient (Wildman–Crippen LogP) is 1.86. The molecule has 1 aliphatic rings. The number of primary amides is 1. The Morgan fingerprint density at radius 3 is 2.55 bits per heavy atom. The third-order valence-electron chi connectivity index (χ3n) is 3.36. The van der Waals surface area contributed by atoms with Crippen LogP contribution in [0.2, 0.25) is 0 Å². The van der Waals surface area contributed by atoms with E-state index in [1.807, 2.05) is 4.90 Å². The van der Waals surface area contributed by atoms with Crippen LogP contribution in [0, 0.1) is 17.6 Å². The zero-order valence-corrected chi connectivity index (χ0v) is 11.6. The van der Waals surface area contributed by atoms with E-state index in [0.29, 0.717) is 31.0 Å². The Bertz CT molecular complexity index is 530. The van der Waals surface area contributed by atoms with E-state index in [4.69, 9.17) is 18.0 Å². The van der Waals surface area contributed by atoms with Crippen molar-refractivity contribution in [3.63, 3.8) is 0 Å². The molecule has 108 valence electrons. The van der Waals surface area contributed by atoms with Crippen molar-refractivity contribution in [1.82, 2.24) is 4.90 Å². The summed E-state index contributed by atoms with van der Waals surface area (Å²) < 4.78 is 26.3. The zero-order chi connectivity index (χ0) is 14.7. The summed E-state index contributed by atoms with van der Waals surface area (Å²) in [4.78, 5) is 12.9. The number of likely N-dealkylation sites (tertiary alicyclic amines) is 1. The Balaban J connectivity index is 1.94. The molecule has 1 saturated heterocycles. The van der Waals surface area contributed by atoms with Crippen molar-refractivity contribution in [3.8, 4) is 0 Å². The maximum Gasteiger partial charge on any atom is 0.220 e. The summed E-state index contributed by atoms with van der Waals surface area (Å²) in [5.74, 6) is -1.76. The third kappa shape index (κ3) is 3.41. The van der Waals surface area contributed by atoms with Crippen LogP contribution in [0.15, 0.2) is 18.2 Å². The average Bonchev–Trinajstić information content (AvgIpc) is 2.42. The van der Waals surface area contributed by atoms with E-state index in [0.717, 1.165) is 12.1 Å². The molecular formula is C13H15F2N3OS. The fourth-order valence-corrected chi connectivity index (χ4v) is 2.44. The summed E-state index contributed by atoms with van der Waals surface area (Å²) in [6.07, 6.45) is 1.26. The van der Waals surface area contributed by atoms with E-state index >= 15 is 0 Å². The van der Waals surface area contributed by atoms with Gasteiger partial charge in [0.2, 0.25) is 5.91 Å². The highest BCUT2D eigenvalue weighted by Crippen LogP contribution is 2.19. The molecule has 0 atom stereocenters. The summed E-state index contributed by atoms with van der Waals surface area (Å²) in [5, 5.41) is 3.11. The van der Waals surface area contributed by atoms with Gasteiger partial charge in [-0.25, -0.2) is 8.78 Å². The summed E-state index contributed by atoms with van der Waals surface area (Å²) >= 11 is 5.19. The average molecular weight is 299 g/mol. The molecule has 1 aromatic rings. The number of rotatable bonds is 2. The Morgan fingerprint density at radius 2 is 2.00 bits per heavy atom. The van der Waals surface area contributed by atoms with E-state index < -0.39 is 11.6 Å². The Kier molecular flexibility index (Phi) is 4.49.